The fraction of sp³-hybridized carbons (Fsp3) is 0.240. The third kappa shape index (κ3) is 4.38. The molecule has 3 nitrogen and oxygen atoms in total. The Morgan fingerprint density at radius 3 is 2.52 bits per heavy atom. The summed E-state index contributed by atoms with van der Waals surface area (Å²) in [7, 11) is 0. The number of fused-ring (bicyclic) bond motifs is 1. The first-order chi connectivity index (χ1) is 14.0. The molecule has 4 aromatic rings. The van der Waals surface area contributed by atoms with Crippen LogP contribution in [0.25, 0.3) is 11.0 Å². The van der Waals surface area contributed by atoms with E-state index < -0.39 is 0 Å². The first kappa shape index (κ1) is 19.7. The third-order valence-corrected chi connectivity index (χ3v) is 5.66. The summed E-state index contributed by atoms with van der Waals surface area (Å²) < 4.78 is 9.64. The fourth-order valence-corrected chi connectivity index (χ4v) is 3.83. The standard InChI is InChI=1S/C25H25BrN2O/c1-17(2)21-13-8-18(3)14-24(21)29-16-25-27-22-6-4-5-7-23(22)28(25)15-19-9-11-20(26)12-10-19/h4-14,17H,15-16H2,1-3H3. The highest BCUT2D eigenvalue weighted by molar-refractivity contribution is 9.10. The maximum Gasteiger partial charge on any atom is 0.148 e. The number of hydrogen-bond acceptors (Lipinski definition) is 2. The lowest BCUT2D eigenvalue weighted by atomic mass is 10.0. The quantitative estimate of drug-likeness (QED) is 0.322. The van der Waals surface area contributed by atoms with Gasteiger partial charge in [-0.25, -0.2) is 4.98 Å². The summed E-state index contributed by atoms with van der Waals surface area (Å²) in [6.45, 7) is 7.69. The van der Waals surface area contributed by atoms with Gasteiger partial charge in [-0.2, -0.15) is 0 Å². The number of aromatic nitrogens is 2. The second-order valence-electron chi connectivity index (χ2n) is 7.71. The fourth-order valence-electron chi connectivity index (χ4n) is 3.57. The Labute approximate surface area is 180 Å². The molecule has 1 aromatic heterocycles. The van der Waals surface area contributed by atoms with Crippen LogP contribution < -0.4 is 4.74 Å². The molecule has 0 aliphatic rings. The Kier molecular flexibility index (Phi) is 5.72. The summed E-state index contributed by atoms with van der Waals surface area (Å²) in [5.74, 6) is 2.29. The Morgan fingerprint density at radius 1 is 1.00 bits per heavy atom. The number of ether oxygens (including phenoxy) is 1. The molecule has 0 aliphatic heterocycles. The van der Waals surface area contributed by atoms with Crippen molar-refractivity contribution in [2.75, 3.05) is 0 Å². The van der Waals surface area contributed by atoms with Gasteiger partial charge in [0, 0.05) is 11.0 Å². The third-order valence-electron chi connectivity index (χ3n) is 5.14. The molecule has 1 heterocycles. The van der Waals surface area contributed by atoms with Crippen molar-refractivity contribution < 1.29 is 4.74 Å². The predicted molar refractivity (Wildman–Crippen MR) is 123 cm³/mol. The van der Waals surface area contributed by atoms with E-state index in [1.165, 1.54) is 16.7 Å². The maximum absolute atomic E-state index is 6.30. The van der Waals surface area contributed by atoms with Gasteiger partial charge in [0.15, 0.2) is 0 Å². The van der Waals surface area contributed by atoms with Gasteiger partial charge in [0.05, 0.1) is 11.0 Å². The lowest BCUT2D eigenvalue weighted by molar-refractivity contribution is 0.287. The topological polar surface area (TPSA) is 27.1 Å². The maximum atomic E-state index is 6.30. The van der Waals surface area contributed by atoms with Gasteiger partial charge in [0.2, 0.25) is 0 Å². The van der Waals surface area contributed by atoms with Crippen molar-refractivity contribution in [3.63, 3.8) is 0 Å². The van der Waals surface area contributed by atoms with E-state index in [2.05, 4.69) is 102 Å². The van der Waals surface area contributed by atoms with Gasteiger partial charge in [-0.1, -0.05) is 66.2 Å². The van der Waals surface area contributed by atoms with Gasteiger partial charge in [0.25, 0.3) is 0 Å². The van der Waals surface area contributed by atoms with E-state index in [1.54, 1.807) is 0 Å². The number of benzene rings is 3. The smallest absolute Gasteiger partial charge is 0.148 e. The molecule has 0 bridgehead atoms. The van der Waals surface area contributed by atoms with Crippen LogP contribution in [-0.4, -0.2) is 9.55 Å². The summed E-state index contributed by atoms with van der Waals surface area (Å²) in [4.78, 5) is 4.87. The van der Waals surface area contributed by atoms with Crippen molar-refractivity contribution in [1.82, 2.24) is 9.55 Å². The van der Waals surface area contributed by atoms with E-state index >= 15 is 0 Å². The Hall–Kier alpha value is -2.59. The predicted octanol–water partition coefficient (Wildman–Crippen LogP) is 6.86. The van der Waals surface area contributed by atoms with Crippen LogP contribution in [0.1, 0.15) is 42.3 Å². The van der Waals surface area contributed by atoms with Crippen LogP contribution in [0.2, 0.25) is 0 Å². The number of halogens is 1. The largest absolute Gasteiger partial charge is 0.485 e. The number of aryl methyl sites for hydroxylation is 1. The minimum atomic E-state index is 0.409. The van der Waals surface area contributed by atoms with E-state index in [0.29, 0.717) is 12.5 Å². The molecule has 0 N–H and O–H groups in total. The van der Waals surface area contributed by atoms with Gasteiger partial charge in [-0.15, -0.1) is 0 Å². The molecule has 4 heteroatoms. The molecular weight excluding hydrogens is 424 g/mol. The zero-order chi connectivity index (χ0) is 20.4. The Balaban J connectivity index is 1.67. The minimum absolute atomic E-state index is 0.409. The van der Waals surface area contributed by atoms with Crippen LogP contribution in [0.15, 0.2) is 71.2 Å². The van der Waals surface area contributed by atoms with E-state index in [-0.39, 0.29) is 0 Å². The molecule has 0 unspecified atom stereocenters. The van der Waals surface area contributed by atoms with E-state index in [4.69, 9.17) is 9.72 Å². The van der Waals surface area contributed by atoms with E-state index in [1.807, 2.05) is 6.07 Å². The van der Waals surface area contributed by atoms with Gasteiger partial charge >= 0.3 is 0 Å². The van der Waals surface area contributed by atoms with Crippen LogP contribution in [0.4, 0.5) is 0 Å². The van der Waals surface area contributed by atoms with Crippen molar-refractivity contribution in [2.45, 2.75) is 39.8 Å². The molecular formula is C25H25BrN2O. The number of para-hydroxylation sites is 2. The first-order valence-corrected chi connectivity index (χ1v) is 10.7. The molecule has 4 rings (SSSR count). The molecule has 0 fully saturated rings. The molecule has 0 radical (unpaired) electrons. The lowest BCUT2D eigenvalue weighted by Crippen LogP contribution is -2.09. The number of nitrogens with zero attached hydrogens (tertiary/aromatic N) is 2. The van der Waals surface area contributed by atoms with Crippen molar-refractivity contribution >= 4 is 27.0 Å². The average molecular weight is 449 g/mol. The SMILES string of the molecule is Cc1ccc(C(C)C)c(OCc2nc3ccccc3n2Cc2ccc(Br)cc2)c1. The molecule has 0 aliphatic carbocycles. The van der Waals surface area contributed by atoms with Crippen molar-refractivity contribution in [2.24, 2.45) is 0 Å². The van der Waals surface area contributed by atoms with Crippen LogP contribution in [0.5, 0.6) is 5.75 Å². The van der Waals surface area contributed by atoms with Crippen LogP contribution in [0, 0.1) is 6.92 Å². The van der Waals surface area contributed by atoms with Crippen LogP contribution in [-0.2, 0) is 13.2 Å². The molecule has 0 atom stereocenters. The summed E-state index contributed by atoms with van der Waals surface area (Å²) in [6.07, 6.45) is 0. The first-order valence-electron chi connectivity index (χ1n) is 9.93. The number of imidazole rings is 1. The molecule has 29 heavy (non-hydrogen) atoms. The van der Waals surface area contributed by atoms with E-state index in [9.17, 15) is 0 Å². The highest BCUT2D eigenvalue weighted by Crippen LogP contribution is 2.29. The van der Waals surface area contributed by atoms with Gasteiger partial charge in [-0.3, -0.25) is 0 Å². The molecule has 0 saturated heterocycles. The minimum Gasteiger partial charge on any atom is -0.485 e. The highest BCUT2D eigenvalue weighted by Gasteiger charge is 2.14. The lowest BCUT2D eigenvalue weighted by Gasteiger charge is -2.16. The van der Waals surface area contributed by atoms with Crippen molar-refractivity contribution in [1.29, 1.82) is 0 Å². The zero-order valence-corrected chi connectivity index (χ0v) is 18.6. The Bertz CT molecular complexity index is 1130. The summed E-state index contributed by atoms with van der Waals surface area (Å²) in [6, 6.07) is 23.1. The van der Waals surface area contributed by atoms with Gasteiger partial charge in [0.1, 0.15) is 18.2 Å². The summed E-state index contributed by atoms with van der Waals surface area (Å²) in [5, 5.41) is 0. The number of hydrogen-bond donors (Lipinski definition) is 0. The normalized spacial score (nSPS) is 11.3. The molecule has 0 spiro atoms. The highest BCUT2D eigenvalue weighted by atomic mass is 79.9. The van der Waals surface area contributed by atoms with Crippen molar-refractivity contribution in [3.05, 3.63) is 93.7 Å². The molecule has 148 valence electrons. The molecule has 0 saturated carbocycles. The van der Waals surface area contributed by atoms with E-state index in [0.717, 1.165) is 33.6 Å². The second-order valence-corrected chi connectivity index (χ2v) is 8.63. The zero-order valence-electron chi connectivity index (χ0n) is 17.0. The number of rotatable bonds is 6. The summed E-state index contributed by atoms with van der Waals surface area (Å²) >= 11 is 3.51. The average Bonchev–Trinajstić information content (AvgIpc) is 3.05. The van der Waals surface area contributed by atoms with Crippen LogP contribution >= 0.6 is 15.9 Å². The van der Waals surface area contributed by atoms with Gasteiger partial charge in [-0.05, 0) is 59.9 Å². The summed E-state index contributed by atoms with van der Waals surface area (Å²) in [5.41, 5.74) is 5.79. The second kappa shape index (κ2) is 8.42. The van der Waals surface area contributed by atoms with Crippen LogP contribution in [0.3, 0.4) is 0 Å². The van der Waals surface area contributed by atoms with Gasteiger partial charge < -0.3 is 9.30 Å². The monoisotopic (exact) mass is 448 g/mol. The Morgan fingerprint density at radius 2 is 1.76 bits per heavy atom. The molecule has 3 aromatic carbocycles. The molecule has 0 amide bonds. The van der Waals surface area contributed by atoms with Crippen molar-refractivity contribution in [3.8, 4) is 5.75 Å².